The molecule has 0 aliphatic carbocycles. The van der Waals surface area contributed by atoms with Crippen LogP contribution in [-0.4, -0.2) is 41.1 Å². The Morgan fingerprint density at radius 3 is 2.56 bits per heavy atom. The first-order valence-corrected chi connectivity index (χ1v) is 9.16. The summed E-state index contributed by atoms with van der Waals surface area (Å²) in [5, 5.41) is 12.2. The van der Waals surface area contributed by atoms with Crippen LogP contribution < -0.4 is 5.32 Å². The third-order valence-corrected chi connectivity index (χ3v) is 4.64. The maximum Gasteiger partial charge on any atom is 0.410 e. The molecule has 6 nitrogen and oxygen atoms in total. The minimum Gasteiger partial charge on any atom is -0.508 e. The van der Waals surface area contributed by atoms with E-state index >= 15 is 0 Å². The van der Waals surface area contributed by atoms with Gasteiger partial charge in [-0.2, -0.15) is 0 Å². The molecule has 2 N–H and O–H groups in total. The van der Waals surface area contributed by atoms with Crippen molar-refractivity contribution in [3.05, 3.63) is 65.7 Å². The van der Waals surface area contributed by atoms with Gasteiger partial charge in [0.1, 0.15) is 18.4 Å². The summed E-state index contributed by atoms with van der Waals surface area (Å²) in [6, 6.07) is 15.9. The molecular formula is C21H24N2O4. The third kappa shape index (κ3) is 5.23. The zero-order valence-electron chi connectivity index (χ0n) is 15.1. The van der Waals surface area contributed by atoms with Gasteiger partial charge in [0, 0.05) is 13.1 Å². The molecule has 0 radical (unpaired) electrons. The average Bonchev–Trinajstić information content (AvgIpc) is 3.18. The number of nitrogens with zero attached hydrogens (tertiary/aromatic N) is 1. The van der Waals surface area contributed by atoms with Crippen LogP contribution in [0.5, 0.6) is 5.75 Å². The van der Waals surface area contributed by atoms with Gasteiger partial charge in [0.2, 0.25) is 5.91 Å². The fourth-order valence-corrected chi connectivity index (χ4v) is 3.17. The van der Waals surface area contributed by atoms with Crippen LogP contribution in [0.15, 0.2) is 54.6 Å². The maximum atomic E-state index is 12.5. The molecule has 0 saturated carbocycles. The predicted molar refractivity (Wildman–Crippen MR) is 101 cm³/mol. The Balaban J connectivity index is 1.46. The summed E-state index contributed by atoms with van der Waals surface area (Å²) in [5.41, 5.74) is 1.94. The van der Waals surface area contributed by atoms with Crippen LogP contribution in [-0.2, 0) is 22.6 Å². The highest BCUT2D eigenvalue weighted by Crippen LogP contribution is 2.19. The number of hydrogen-bond acceptors (Lipinski definition) is 4. The molecule has 0 spiro atoms. The van der Waals surface area contributed by atoms with Crippen LogP contribution in [0.4, 0.5) is 4.79 Å². The van der Waals surface area contributed by atoms with Gasteiger partial charge in [-0.25, -0.2) is 4.79 Å². The van der Waals surface area contributed by atoms with Gasteiger partial charge in [-0.1, -0.05) is 42.5 Å². The molecule has 0 bridgehead atoms. The number of hydrogen-bond donors (Lipinski definition) is 2. The summed E-state index contributed by atoms with van der Waals surface area (Å²) in [5.74, 6) is 0.0707. The summed E-state index contributed by atoms with van der Waals surface area (Å²) >= 11 is 0. The highest BCUT2D eigenvalue weighted by Gasteiger charge is 2.34. The Kier molecular flexibility index (Phi) is 6.30. The van der Waals surface area contributed by atoms with Gasteiger partial charge >= 0.3 is 6.09 Å². The van der Waals surface area contributed by atoms with Gasteiger partial charge in [-0.3, -0.25) is 9.69 Å². The Morgan fingerprint density at radius 1 is 1.07 bits per heavy atom. The average molecular weight is 368 g/mol. The van der Waals surface area contributed by atoms with Gasteiger partial charge in [0.05, 0.1) is 0 Å². The van der Waals surface area contributed by atoms with Gasteiger partial charge in [-0.15, -0.1) is 0 Å². The molecule has 2 aromatic rings. The van der Waals surface area contributed by atoms with E-state index in [0.29, 0.717) is 25.9 Å². The highest BCUT2D eigenvalue weighted by molar-refractivity contribution is 5.86. The van der Waals surface area contributed by atoms with Gasteiger partial charge < -0.3 is 15.2 Å². The van der Waals surface area contributed by atoms with E-state index in [9.17, 15) is 14.7 Å². The molecule has 3 rings (SSSR count). The minimum absolute atomic E-state index is 0.150. The minimum atomic E-state index is -0.479. The lowest BCUT2D eigenvalue weighted by molar-refractivity contribution is -0.125. The Hall–Kier alpha value is -3.02. The van der Waals surface area contributed by atoms with Crippen molar-refractivity contribution >= 4 is 12.0 Å². The van der Waals surface area contributed by atoms with Crippen LogP contribution in [0.2, 0.25) is 0 Å². The van der Waals surface area contributed by atoms with E-state index in [0.717, 1.165) is 17.5 Å². The van der Waals surface area contributed by atoms with Crippen molar-refractivity contribution in [3.63, 3.8) is 0 Å². The monoisotopic (exact) mass is 368 g/mol. The van der Waals surface area contributed by atoms with Crippen molar-refractivity contribution in [1.82, 2.24) is 10.2 Å². The van der Waals surface area contributed by atoms with Crippen LogP contribution in [0.25, 0.3) is 0 Å². The number of carbonyl (C=O) groups excluding carboxylic acids is 2. The van der Waals surface area contributed by atoms with E-state index in [1.165, 1.54) is 4.90 Å². The number of amides is 2. The van der Waals surface area contributed by atoms with E-state index in [-0.39, 0.29) is 18.3 Å². The molecule has 1 aliphatic rings. The number of ether oxygens (including phenoxy) is 1. The number of aromatic hydroxyl groups is 1. The van der Waals surface area contributed by atoms with Crippen molar-refractivity contribution in [2.45, 2.75) is 31.9 Å². The topological polar surface area (TPSA) is 78.9 Å². The lowest BCUT2D eigenvalue weighted by Gasteiger charge is -2.23. The first-order valence-electron chi connectivity index (χ1n) is 9.16. The number of carbonyl (C=O) groups is 2. The number of nitrogens with one attached hydrogen (secondary N) is 1. The normalized spacial score (nSPS) is 16.1. The van der Waals surface area contributed by atoms with E-state index in [1.807, 2.05) is 42.5 Å². The molecule has 1 atom stereocenters. The van der Waals surface area contributed by atoms with Gasteiger partial charge in [-0.05, 0) is 42.5 Å². The number of phenolic OH excluding ortho intramolecular Hbond substituents is 1. The lowest BCUT2D eigenvalue weighted by Crippen LogP contribution is -2.46. The summed E-state index contributed by atoms with van der Waals surface area (Å²) < 4.78 is 5.36. The van der Waals surface area contributed by atoms with Crippen LogP contribution in [0.1, 0.15) is 24.0 Å². The molecule has 2 aromatic carbocycles. The summed E-state index contributed by atoms with van der Waals surface area (Å²) in [7, 11) is 0. The molecular weight excluding hydrogens is 344 g/mol. The maximum absolute atomic E-state index is 12.5. The Morgan fingerprint density at radius 2 is 1.81 bits per heavy atom. The van der Waals surface area contributed by atoms with Crippen molar-refractivity contribution in [2.75, 3.05) is 13.1 Å². The third-order valence-electron chi connectivity index (χ3n) is 4.64. The standard InChI is InChI=1S/C21H24N2O4/c24-18-10-8-16(9-11-18)12-13-22-20(25)19-7-4-14-23(19)21(26)27-15-17-5-2-1-3-6-17/h1-3,5-6,8-11,19,24H,4,7,12-15H2,(H,22,25). The van der Waals surface area contributed by atoms with E-state index < -0.39 is 12.1 Å². The van der Waals surface area contributed by atoms with Gasteiger partial charge in [0.15, 0.2) is 0 Å². The van der Waals surface area contributed by atoms with E-state index in [1.54, 1.807) is 12.1 Å². The second-order valence-corrected chi connectivity index (χ2v) is 6.60. The van der Waals surface area contributed by atoms with Crippen molar-refractivity contribution in [1.29, 1.82) is 0 Å². The second-order valence-electron chi connectivity index (χ2n) is 6.60. The molecule has 1 heterocycles. The van der Waals surface area contributed by atoms with Crippen LogP contribution >= 0.6 is 0 Å². The molecule has 27 heavy (non-hydrogen) atoms. The summed E-state index contributed by atoms with van der Waals surface area (Å²) in [6.07, 6.45) is 1.65. The van der Waals surface area contributed by atoms with Crippen LogP contribution in [0, 0.1) is 0 Å². The summed E-state index contributed by atoms with van der Waals surface area (Å²) in [6.45, 7) is 1.21. The van der Waals surface area contributed by atoms with Crippen molar-refractivity contribution in [3.8, 4) is 5.75 Å². The zero-order chi connectivity index (χ0) is 19.1. The fraction of sp³-hybridized carbons (Fsp3) is 0.333. The number of likely N-dealkylation sites (tertiary alicyclic amines) is 1. The molecule has 1 unspecified atom stereocenters. The van der Waals surface area contributed by atoms with Gasteiger partial charge in [0.25, 0.3) is 0 Å². The Bertz CT molecular complexity index is 762. The van der Waals surface area contributed by atoms with E-state index in [4.69, 9.17) is 4.74 Å². The molecule has 1 fully saturated rings. The Labute approximate surface area is 158 Å². The van der Waals surface area contributed by atoms with Crippen LogP contribution in [0.3, 0.4) is 0 Å². The first-order chi connectivity index (χ1) is 13.1. The van der Waals surface area contributed by atoms with Crippen molar-refractivity contribution < 1.29 is 19.4 Å². The zero-order valence-corrected chi connectivity index (χ0v) is 15.1. The number of rotatable bonds is 6. The quantitative estimate of drug-likeness (QED) is 0.822. The highest BCUT2D eigenvalue weighted by atomic mass is 16.6. The molecule has 1 aliphatic heterocycles. The molecule has 142 valence electrons. The largest absolute Gasteiger partial charge is 0.508 e. The van der Waals surface area contributed by atoms with Crippen molar-refractivity contribution in [2.24, 2.45) is 0 Å². The second kappa shape index (κ2) is 9.07. The first kappa shape index (κ1) is 18.8. The number of benzene rings is 2. The predicted octanol–water partition coefficient (Wildman–Crippen LogP) is 2.85. The smallest absolute Gasteiger partial charge is 0.410 e. The molecule has 0 aromatic heterocycles. The molecule has 2 amide bonds. The number of phenols is 1. The molecule has 6 heteroatoms. The van der Waals surface area contributed by atoms with E-state index in [2.05, 4.69) is 5.32 Å². The molecule has 1 saturated heterocycles. The lowest BCUT2D eigenvalue weighted by atomic mass is 10.1. The summed E-state index contributed by atoms with van der Waals surface area (Å²) in [4.78, 5) is 26.4. The fourth-order valence-electron chi connectivity index (χ4n) is 3.17. The SMILES string of the molecule is O=C(NCCc1ccc(O)cc1)C1CCCN1C(=O)OCc1ccccc1.